The van der Waals surface area contributed by atoms with Crippen molar-refractivity contribution in [1.82, 2.24) is 0 Å². The standard InChI is InChI=1S/C18H18O4/c1-18(2)9-13(19)15-14(10-18)22-17(21)12(16(15)20)8-11-6-4-3-5-7-11/h3-7,20H,8-10H2,1-2H3. The van der Waals surface area contributed by atoms with Crippen molar-refractivity contribution in [1.29, 1.82) is 0 Å². The molecular weight excluding hydrogens is 280 g/mol. The molecule has 114 valence electrons. The molecule has 3 rings (SSSR count). The number of carbonyl (C=O) groups excluding carboxylic acids is 1. The van der Waals surface area contributed by atoms with Crippen LogP contribution in [0.5, 0.6) is 5.75 Å². The lowest BCUT2D eigenvalue weighted by Crippen LogP contribution is -2.29. The van der Waals surface area contributed by atoms with Gasteiger partial charge in [-0.1, -0.05) is 44.2 Å². The lowest BCUT2D eigenvalue weighted by Gasteiger charge is -2.29. The molecule has 0 spiro atoms. The van der Waals surface area contributed by atoms with Crippen molar-refractivity contribution in [3.05, 3.63) is 63.2 Å². The molecule has 0 fully saturated rings. The number of rotatable bonds is 2. The van der Waals surface area contributed by atoms with E-state index in [1.54, 1.807) is 0 Å². The maximum Gasteiger partial charge on any atom is 0.343 e. The highest BCUT2D eigenvalue weighted by atomic mass is 16.4. The number of aromatic hydroxyl groups is 1. The van der Waals surface area contributed by atoms with Gasteiger partial charge in [-0.3, -0.25) is 4.79 Å². The van der Waals surface area contributed by atoms with Gasteiger partial charge in [0.1, 0.15) is 11.5 Å². The van der Waals surface area contributed by atoms with Crippen molar-refractivity contribution < 1.29 is 14.3 Å². The second-order valence-electron chi connectivity index (χ2n) is 6.62. The number of benzene rings is 1. The summed E-state index contributed by atoms with van der Waals surface area (Å²) in [7, 11) is 0. The van der Waals surface area contributed by atoms with Crippen LogP contribution in [0.4, 0.5) is 0 Å². The summed E-state index contributed by atoms with van der Waals surface area (Å²) >= 11 is 0. The molecule has 1 aromatic heterocycles. The fourth-order valence-corrected chi connectivity index (χ4v) is 2.99. The lowest BCUT2D eigenvalue weighted by atomic mass is 9.75. The molecule has 0 atom stereocenters. The first kappa shape index (κ1) is 14.6. The fourth-order valence-electron chi connectivity index (χ4n) is 2.99. The normalized spacial score (nSPS) is 16.4. The average molecular weight is 298 g/mol. The lowest BCUT2D eigenvalue weighted by molar-refractivity contribution is 0.0892. The molecule has 1 aliphatic carbocycles. The Morgan fingerprint density at radius 3 is 2.50 bits per heavy atom. The van der Waals surface area contributed by atoms with Gasteiger partial charge in [0.15, 0.2) is 5.78 Å². The van der Waals surface area contributed by atoms with Crippen LogP contribution in [0.15, 0.2) is 39.5 Å². The van der Waals surface area contributed by atoms with Gasteiger partial charge in [-0.15, -0.1) is 0 Å². The van der Waals surface area contributed by atoms with Crippen LogP contribution in [0.1, 0.15) is 47.5 Å². The highest BCUT2D eigenvalue weighted by Gasteiger charge is 2.36. The molecule has 0 amide bonds. The summed E-state index contributed by atoms with van der Waals surface area (Å²) in [5.74, 6) is -0.0713. The van der Waals surface area contributed by atoms with Gasteiger partial charge in [-0.25, -0.2) is 4.79 Å². The molecule has 0 unspecified atom stereocenters. The van der Waals surface area contributed by atoms with Crippen molar-refractivity contribution in [2.45, 2.75) is 33.1 Å². The molecule has 1 heterocycles. The third kappa shape index (κ3) is 2.56. The second kappa shape index (κ2) is 5.13. The number of carbonyl (C=O) groups is 1. The molecule has 0 saturated carbocycles. The minimum atomic E-state index is -0.564. The Hall–Kier alpha value is -2.36. The Bertz CT molecular complexity index is 785. The topological polar surface area (TPSA) is 67.5 Å². The van der Waals surface area contributed by atoms with Gasteiger partial charge in [-0.05, 0) is 11.0 Å². The van der Waals surface area contributed by atoms with Crippen LogP contribution in [0.3, 0.4) is 0 Å². The van der Waals surface area contributed by atoms with Gasteiger partial charge in [0.05, 0.1) is 11.1 Å². The molecule has 0 bridgehead atoms. The SMILES string of the molecule is CC1(C)CC(=O)c2c(oc(=O)c(Cc3ccccc3)c2O)C1. The average Bonchev–Trinajstić information content (AvgIpc) is 2.42. The van der Waals surface area contributed by atoms with E-state index in [9.17, 15) is 14.7 Å². The van der Waals surface area contributed by atoms with Crippen LogP contribution < -0.4 is 5.63 Å². The largest absolute Gasteiger partial charge is 0.506 e. The van der Waals surface area contributed by atoms with Crippen LogP contribution in [0.25, 0.3) is 0 Å². The summed E-state index contributed by atoms with van der Waals surface area (Å²) in [6.07, 6.45) is 1.06. The molecule has 0 saturated heterocycles. The van der Waals surface area contributed by atoms with Crippen LogP contribution in [0.2, 0.25) is 0 Å². The predicted octanol–water partition coefficient (Wildman–Crippen LogP) is 3.09. The number of fused-ring (bicyclic) bond motifs is 1. The van der Waals surface area contributed by atoms with Crippen LogP contribution in [-0.4, -0.2) is 10.9 Å². The van der Waals surface area contributed by atoms with Crippen molar-refractivity contribution in [3.63, 3.8) is 0 Å². The van der Waals surface area contributed by atoms with Gasteiger partial charge in [-0.2, -0.15) is 0 Å². The third-order valence-corrected chi connectivity index (χ3v) is 4.04. The summed E-state index contributed by atoms with van der Waals surface area (Å²) in [5.41, 5.74) is 0.398. The first-order chi connectivity index (χ1) is 10.4. The minimum Gasteiger partial charge on any atom is -0.506 e. The van der Waals surface area contributed by atoms with E-state index in [2.05, 4.69) is 0 Å². The summed E-state index contributed by atoms with van der Waals surface area (Å²) in [6.45, 7) is 3.89. The van der Waals surface area contributed by atoms with Gasteiger partial charge < -0.3 is 9.52 Å². The van der Waals surface area contributed by atoms with Gasteiger partial charge in [0, 0.05) is 19.3 Å². The molecule has 2 aromatic rings. The summed E-state index contributed by atoms with van der Waals surface area (Å²) in [5, 5.41) is 10.4. The molecule has 1 aliphatic rings. The van der Waals surface area contributed by atoms with Crippen LogP contribution in [0, 0.1) is 5.41 Å². The van der Waals surface area contributed by atoms with Gasteiger partial charge in [0.25, 0.3) is 0 Å². The third-order valence-electron chi connectivity index (χ3n) is 4.04. The number of hydrogen-bond acceptors (Lipinski definition) is 4. The van der Waals surface area contributed by atoms with Crippen LogP contribution in [-0.2, 0) is 12.8 Å². The zero-order valence-corrected chi connectivity index (χ0v) is 12.7. The van der Waals surface area contributed by atoms with Crippen molar-refractivity contribution >= 4 is 5.78 Å². The van der Waals surface area contributed by atoms with Gasteiger partial charge >= 0.3 is 5.63 Å². The fraction of sp³-hybridized carbons (Fsp3) is 0.333. The molecular formula is C18H18O4. The predicted molar refractivity (Wildman–Crippen MR) is 82.3 cm³/mol. The Balaban J connectivity index is 2.10. The minimum absolute atomic E-state index is 0.151. The Morgan fingerprint density at radius 1 is 1.14 bits per heavy atom. The Morgan fingerprint density at radius 2 is 1.82 bits per heavy atom. The van der Waals surface area contributed by atoms with Crippen molar-refractivity contribution in [2.24, 2.45) is 5.41 Å². The molecule has 1 N–H and O–H groups in total. The van der Waals surface area contributed by atoms with E-state index in [-0.39, 0.29) is 34.5 Å². The first-order valence-electron chi connectivity index (χ1n) is 7.32. The molecule has 22 heavy (non-hydrogen) atoms. The zero-order chi connectivity index (χ0) is 15.9. The van der Waals surface area contributed by atoms with Crippen LogP contribution >= 0.6 is 0 Å². The van der Waals surface area contributed by atoms with Crippen molar-refractivity contribution in [3.8, 4) is 5.75 Å². The van der Waals surface area contributed by atoms with E-state index in [0.717, 1.165) is 5.56 Å². The Kier molecular flexibility index (Phi) is 3.39. The van der Waals surface area contributed by atoms with E-state index in [1.165, 1.54) is 0 Å². The number of Topliss-reactive ketones (excluding diaryl/α,β-unsaturated/α-hetero) is 1. The summed E-state index contributed by atoms with van der Waals surface area (Å²) in [6, 6.07) is 9.33. The molecule has 0 aliphatic heterocycles. The monoisotopic (exact) mass is 298 g/mol. The summed E-state index contributed by atoms with van der Waals surface area (Å²) < 4.78 is 5.35. The number of hydrogen-bond donors (Lipinski definition) is 1. The first-order valence-corrected chi connectivity index (χ1v) is 7.32. The highest BCUT2D eigenvalue weighted by molar-refractivity contribution is 6.01. The zero-order valence-electron chi connectivity index (χ0n) is 12.7. The van der Waals surface area contributed by atoms with Crippen molar-refractivity contribution in [2.75, 3.05) is 0 Å². The van der Waals surface area contributed by atoms with E-state index in [0.29, 0.717) is 18.6 Å². The quantitative estimate of drug-likeness (QED) is 0.925. The van der Waals surface area contributed by atoms with E-state index < -0.39 is 5.63 Å². The maximum atomic E-state index is 12.3. The van der Waals surface area contributed by atoms with E-state index in [4.69, 9.17) is 4.42 Å². The second-order valence-corrected chi connectivity index (χ2v) is 6.62. The molecule has 1 aromatic carbocycles. The van der Waals surface area contributed by atoms with E-state index in [1.807, 2.05) is 44.2 Å². The maximum absolute atomic E-state index is 12.3. The highest BCUT2D eigenvalue weighted by Crippen LogP contribution is 2.38. The summed E-state index contributed by atoms with van der Waals surface area (Å²) in [4.78, 5) is 24.5. The smallest absolute Gasteiger partial charge is 0.343 e. The number of ketones is 1. The molecule has 4 nitrogen and oxygen atoms in total. The Labute approximate surface area is 128 Å². The molecule has 4 heteroatoms. The molecule has 0 radical (unpaired) electrons. The van der Waals surface area contributed by atoms with E-state index >= 15 is 0 Å². The van der Waals surface area contributed by atoms with Gasteiger partial charge in [0.2, 0.25) is 0 Å².